The van der Waals surface area contributed by atoms with Crippen molar-refractivity contribution in [2.24, 2.45) is 0 Å². The Bertz CT molecular complexity index is 455. The lowest BCUT2D eigenvalue weighted by Crippen LogP contribution is -2.10. The van der Waals surface area contributed by atoms with E-state index >= 15 is 0 Å². The summed E-state index contributed by atoms with van der Waals surface area (Å²) in [5.74, 6) is 0.253. The van der Waals surface area contributed by atoms with E-state index in [4.69, 9.17) is 10.00 Å². The molecule has 1 N–H and O–H groups in total. The molecule has 0 unspecified atom stereocenters. The summed E-state index contributed by atoms with van der Waals surface area (Å²) in [6.07, 6.45) is -0.176. The number of carbonyl (C=O) groups excluding carboxylic acids is 1. The van der Waals surface area contributed by atoms with Gasteiger partial charge in [0.25, 0.3) is 0 Å². The Morgan fingerprint density at radius 2 is 2.19 bits per heavy atom. The molecule has 0 aromatic heterocycles. The van der Waals surface area contributed by atoms with Gasteiger partial charge in [0.1, 0.15) is 12.2 Å². The third kappa shape index (κ3) is 3.22. The summed E-state index contributed by atoms with van der Waals surface area (Å²) < 4.78 is 6.59. The molecule has 0 aliphatic heterocycles. The van der Waals surface area contributed by atoms with Gasteiger partial charge in [-0.15, -0.1) is 0 Å². The maximum atomic E-state index is 11.2. The van der Waals surface area contributed by atoms with Crippen LogP contribution in [0.5, 0.6) is 5.75 Å². The number of hydrogen-bond donors (Lipinski definition) is 1. The van der Waals surface area contributed by atoms with Crippen LogP contribution in [0.1, 0.15) is 6.42 Å². The molecule has 4 nitrogen and oxygen atoms in total. The van der Waals surface area contributed by atoms with E-state index in [-0.39, 0.29) is 12.3 Å². The van der Waals surface area contributed by atoms with Crippen molar-refractivity contribution in [3.63, 3.8) is 0 Å². The normalized spacial score (nSPS) is 9.38. The number of anilines is 1. The first-order valence-corrected chi connectivity index (χ1v) is 5.87. The van der Waals surface area contributed by atoms with E-state index in [0.717, 1.165) is 4.47 Å². The Labute approximate surface area is 110 Å². The average molecular weight is 348 g/mol. The molecule has 84 valence electrons. The summed E-state index contributed by atoms with van der Waals surface area (Å²) in [6, 6.07) is 5.21. The predicted octanol–water partition coefficient (Wildman–Crippen LogP) is 3.07. The number of halogens is 2. The molecule has 16 heavy (non-hydrogen) atoms. The van der Waals surface area contributed by atoms with E-state index in [2.05, 4.69) is 37.2 Å². The lowest BCUT2D eigenvalue weighted by atomic mass is 10.3. The lowest BCUT2D eigenvalue weighted by molar-refractivity contribution is -0.115. The van der Waals surface area contributed by atoms with Crippen molar-refractivity contribution >= 4 is 43.5 Å². The third-order valence-corrected chi connectivity index (χ3v) is 3.03. The van der Waals surface area contributed by atoms with Gasteiger partial charge in [0, 0.05) is 10.5 Å². The molecule has 1 amide bonds. The maximum absolute atomic E-state index is 11.2. The van der Waals surface area contributed by atoms with E-state index in [1.54, 1.807) is 18.2 Å². The molecule has 0 aliphatic rings. The van der Waals surface area contributed by atoms with Crippen molar-refractivity contribution < 1.29 is 9.53 Å². The monoisotopic (exact) mass is 346 g/mol. The Kier molecular flexibility index (Phi) is 4.77. The molecule has 0 radical (unpaired) electrons. The van der Waals surface area contributed by atoms with Crippen LogP contribution >= 0.6 is 31.9 Å². The Morgan fingerprint density at radius 1 is 1.50 bits per heavy atom. The molecule has 0 aliphatic carbocycles. The predicted molar refractivity (Wildman–Crippen MR) is 67.3 cm³/mol. The van der Waals surface area contributed by atoms with Crippen LogP contribution in [-0.2, 0) is 4.79 Å². The van der Waals surface area contributed by atoms with Crippen molar-refractivity contribution in [1.82, 2.24) is 0 Å². The fourth-order valence-corrected chi connectivity index (χ4v) is 2.30. The quantitative estimate of drug-likeness (QED) is 0.913. The minimum absolute atomic E-state index is 0.176. The van der Waals surface area contributed by atoms with E-state index < -0.39 is 0 Å². The highest BCUT2D eigenvalue weighted by molar-refractivity contribution is 9.11. The number of ether oxygens (including phenoxy) is 1. The zero-order valence-corrected chi connectivity index (χ0v) is 11.6. The molecule has 1 aromatic carbocycles. The van der Waals surface area contributed by atoms with Crippen LogP contribution < -0.4 is 10.1 Å². The van der Waals surface area contributed by atoms with E-state index in [0.29, 0.717) is 15.9 Å². The molecule has 1 aromatic rings. The van der Waals surface area contributed by atoms with Gasteiger partial charge in [0.05, 0.1) is 23.3 Å². The van der Waals surface area contributed by atoms with Crippen LogP contribution in [0, 0.1) is 11.3 Å². The summed E-state index contributed by atoms with van der Waals surface area (Å²) in [4.78, 5) is 11.2. The summed E-state index contributed by atoms with van der Waals surface area (Å²) in [6.45, 7) is 0. The molecule has 0 saturated heterocycles. The minimum atomic E-state index is -0.354. The number of hydrogen-bond acceptors (Lipinski definition) is 3. The molecule has 6 heteroatoms. The number of rotatable bonds is 3. The Hall–Kier alpha value is -1.06. The standard InChI is InChI=1S/C10H8Br2N2O2/c1-16-9-5-8(6(11)4-7(9)12)14-10(15)2-3-13/h4-5H,2H2,1H3,(H,14,15). The molecule has 0 bridgehead atoms. The molecule has 0 spiro atoms. The molecule has 1 rings (SSSR count). The highest BCUT2D eigenvalue weighted by Gasteiger charge is 2.09. The highest BCUT2D eigenvalue weighted by Crippen LogP contribution is 2.34. The number of benzene rings is 1. The van der Waals surface area contributed by atoms with Gasteiger partial charge >= 0.3 is 0 Å². The Balaban J connectivity index is 2.96. The van der Waals surface area contributed by atoms with Gasteiger partial charge in [-0.05, 0) is 37.9 Å². The number of amides is 1. The van der Waals surface area contributed by atoms with Crippen molar-refractivity contribution in [2.75, 3.05) is 12.4 Å². The van der Waals surface area contributed by atoms with Crippen LogP contribution in [0.15, 0.2) is 21.1 Å². The van der Waals surface area contributed by atoms with Crippen LogP contribution in [-0.4, -0.2) is 13.0 Å². The fraction of sp³-hybridized carbons (Fsp3) is 0.200. The van der Waals surface area contributed by atoms with E-state index in [1.807, 2.05) is 0 Å². The van der Waals surface area contributed by atoms with Crippen LogP contribution in [0.4, 0.5) is 5.69 Å². The highest BCUT2D eigenvalue weighted by atomic mass is 79.9. The number of carbonyl (C=O) groups is 1. The second-order valence-electron chi connectivity index (χ2n) is 2.85. The largest absolute Gasteiger partial charge is 0.495 e. The number of methoxy groups -OCH3 is 1. The number of nitrogens with one attached hydrogen (secondary N) is 1. The summed E-state index contributed by atoms with van der Waals surface area (Å²) in [5, 5.41) is 11.0. The first-order valence-electron chi connectivity index (χ1n) is 4.28. The van der Waals surface area contributed by atoms with Gasteiger partial charge in [0.15, 0.2) is 0 Å². The number of nitrogens with zero attached hydrogens (tertiary/aromatic N) is 1. The number of nitriles is 1. The van der Waals surface area contributed by atoms with Crippen molar-refractivity contribution in [2.45, 2.75) is 6.42 Å². The van der Waals surface area contributed by atoms with E-state index in [1.165, 1.54) is 7.11 Å². The van der Waals surface area contributed by atoms with Gasteiger partial charge < -0.3 is 10.1 Å². The molecule has 0 fully saturated rings. The minimum Gasteiger partial charge on any atom is -0.495 e. The van der Waals surface area contributed by atoms with Crippen molar-refractivity contribution in [1.29, 1.82) is 5.26 Å². The van der Waals surface area contributed by atoms with Crippen LogP contribution in [0.2, 0.25) is 0 Å². The first kappa shape index (κ1) is 13.0. The summed E-state index contributed by atoms with van der Waals surface area (Å²) in [5.41, 5.74) is 0.570. The van der Waals surface area contributed by atoms with Gasteiger partial charge in [0.2, 0.25) is 5.91 Å². The molecular weight excluding hydrogens is 340 g/mol. The molecule has 0 saturated carbocycles. The van der Waals surface area contributed by atoms with Crippen molar-refractivity contribution in [3.05, 3.63) is 21.1 Å². The zero-order valence-electron chi connectivity index (χ0n) is 8.38. The zero-order chi connectivity index (χ0) is 12.1. The second-order valence-corrected chi connectivity index (χ2v) is 4.56. The third-order valence-electron chi connectivity index (χ3n) is 1.76. The van der Waals surface area contributed by atoms with Crippen LogP contribution in [0.3, 0.4) is 0 Å². The lowest BCUT2D eigenvalue weighted by Gasteiger charge is -2.09. The summed E-state index contributed by atoms with van der Waals surface area (Å²) in [7, 11) is 1.54. The molecular formula is C10H8Br2N2O2. The van der Waals surface area contributed by atoms with Crippen molar-refractivity contribution in [3.8, 4) is 11.8 Å². The molecule has 0 heterocycles. The molecule has 0 atom stereocenters. The van der Waals surface area contributed by atoms with E-state index in [9.17, 15) is 4.79 Å². The van der Waals surface area contributed by atoms with Gasteiger partial charge in [-0.25, -0.2) is 0 Å². The second kappa shape index (κ2) is 5.87. The smallest absolute Gasteiger partial charge is 0.238 e. The average Bonchev–Trinajstić information content (AvgIpc) is 2.22. The van der Waals surface area contributed by atoms with Gasteiger partial charge in [-0.2, -0.15) is 5.26 Å². The Morgan fingerprint density at radius 3 is 2.75 bits per heavy atom. The van der Waals surface area contributed by atoms with Gasteiger partial charge in [-0.1, -0.05) is 0 Å². The fourth-order valence-electron chi connectivity index (χ4n) is 1.05. The maximum Gasteiger partial charge on any atom is 0.238 e. The first-order chi connectivity index (χ1) is 7.58. The topological polar surface area (TPSA) is 62.1 Å². The summed E-state index contributed by atoms with van der Waals surface area (Å²) >= 11 is 6.63. The van der Waals surface area contributed by atoms with Gasteiger partial charge in [-0.3, -0.25) is 4.79 Å². The SMILES string of the molecule is COc1cc(NC(=O)CC#N)c(Br)cc1Br. The van der Waals surface area contributed by atoms with Crippen LogP contribution in [0.25, 0.3) is 0 Å².